The summed E-state index contributed by atoms with van der Waals surface area (Å²) in [5, 5.41) is 11.3. The van der Waals surface area contributed by atoms with E-state index in [1.807, 2.05) is 6.92 Å². The summed E-state index contributed by atoms with van der Waals surface area (Å²) in [6.07, 6.45) is 0. The Morgan fingerprint density at radius 2 is 2.08 bits per heavy atom. The maximum absolute atomic E-state index is 11.1. The van der Waals surface area contributed by atoms with Crippen molar-refractivity contribution < 1.29 is 14.7 Å². The zero-order valence-corrected chi connectivity index (χ0v) is 7.78. The molecule has 0 aromatic heterocycles. The fourth-order valence-corrected chi connectivity index (χ4v) is 1.61. The second-order valence-corrected chi connectivity index (χ2v) is 3.38. The molecular formula is C8H14N2O3. The summed E-state index contributed by atoms with van der Waals surface area (Å²) in [7, 11) is 1.54. The van der Waals surface area contributed by atoms with Crippen LogP contribution in [0.25, 0.3) is 0 Å². The summed E-state index contributed by atoms with van der Waals surface area (Å²) in [5.41, 5.74) is 0. The molecule has 1 saturated heterocycles. The molecule has 1 fully saturated rings. The molecule has 1 heterocycles. The van der Waals surface area contributed by atoms with Gasteiger partial charge in [-0.3, -0.25) is 4.79 Å². The molecule has 0 unspecified atom stereocenters. The molecule has 74 valence electrons. The van der Waals surface area contributed by atoms with Gasteiger partial charge in [0.25, 0.3) is 0 Å². The van der Waals surface area contributed by atoms with Crippen LogP contribution in [0.5, 0.6) is 0 Å². The summed E-state index contributed by atoms with van der Waals surface area (Å²) in [4.78, 5) is 23.4. The van der Waals surface area contributed by atoms with Crippen molar-refractivity contribution in [1.82, 2.24) is 10.2 Å². The molecule has 1 aliphatic rings. The molecular weight excluding hydrogens is 172 g/mol. The van der Waals surface area contributed by atoms with Crippen molar-refractivity contribution in [3.63, 3.8) is 0 Å². The monoisotopic (exact) mass is 186 g/mol. The van der Waals surface area contributed by atoms with E-state index in [1.54, 1.807) is 7.05 Å². The van der Waals surface area contributed by atoms with E-state index in [1.165, 1.54) is 4.90 Å². The van der Waals surface area contributed by atoms with E-state index in [4.69, 9.17) is 5.11 Å². The predicted octanol–water partition coefficient (Wildman–Crippen LogP) is -0.0217. The van der Waals surface area contributed by atoms with Crippen molar-refractivity contribution in [1.29, 1.82) is 0 Å². The number of hydrogen-bond acceptors (Lipinski definition) is 2. The summed E-state index contributed by atoms with van der Waals surface area (Å²) in [6.45, 7) is 2.69. The van der Waals surface area contributed by atoms with Crippen LogP contribution >= 0.6 is 0 Å². The van der Waals surface area contributed by atoms with E-state index < -0.39 is 11.9 Å². The van der Waals surface area contributed by atoms with Crippen LogP contribution in [0.4, 0.5) is 4.79 Å². The minimum absolute atomic E-state index is 0.0369. The number of nitrogens with one attached hydrogen (secondary N) is 1. The lowest BCUT2D eigenvalue weighted by Crippen LogP contribution is -2.36. The molecule has 2 N–H and O–H groups in total. The van der Waals surface area contributed by atoms with Crippen molar-refractivity contribution in [3.8, 4) is 0 Å². The number of aliphatic carboxylic acids is 1. The van der Waals surface area contributed by atoms with Crippen LogP contribution in [-0.2, 0) is 4.79 Å². The van der Waals surface area contributed by atoms with E-state index in [9.17, 15) is 9.59 Å². The van der Waals surface area contributed by atoms with Crippen LogP contribution in [0.15, 0.2) is 0 Å². The molecule has 0 spiro atoms. The van der Waals surface area contributed by atoms with Gasteiger partial charge in [0.1, 0.15) is 0 Å². The summed E-state index contributed by atoms with van der Waals surface area (Å²) >= 11 is 0. The van der Waals surface area contributed by atoms with Gasteiger partial charge in [0.05, 0.1) is 5.92 Å². The van der Waals surface area contributed by atoms with Gasteiger partial charge in [0, 0.05) is 20.1 Å². The lowest BCUT2D eigenvalue weighted by Gasteiger charge is -2.14. The molecule has 2 atom stereocenters. The quantitative estimate of drug-likeness (QED) is 0.604. The first-order valence-corrected chi connectivity index (χ1v) is 4.25. The van der Waals surface area contributed by atoms with Crippen molar-refractivity contribution in [3.05, 3.63) is 0 Å². The highest BCUT2D eigenvalue weighted by molar-refractivity contribution is 5.77. The Labute approximate surface area is 76.7 Å². The van der Waals surface area contributed by atoms with Gasteiger partial charge < -0.3 is 15.3 Å². The SMILES string of the molecule is CNC(=O)N1C[C@@H](C)[C@H](C(=O)O)C1. The molecule has 1 aliphatic heterocycles. The molecule has 5 heteroatoms. The maximum atomic E-state index is 11.1. The Kier molecular flexibility index (Phi) is 2.75. The van der Waals surface area contributed by atoms with Crippen LogP contribution < -0.4 is 5.32 Å². The third-order valence-electron chi connectivity index (χ3n) is 2.43. The lowest BCUT2D eigenvalue weighted by atomic mass is 9.99. The Hall–Kier alpha value is -1.26. The van der Waals surface area contributed by atoms with Crippen LogP contribution in [0.1, 0.15) is 6.92 Å². The standard InChI is InChI=1S/C8H14N2O3/c1-5-3-10(8(13)9-2)4-6(5)7(11)12/h5-6H,3-4H2,1-2H3,(H,9,13)(H,11,12)/t5-,6-/m1/s1. The number of urea groups is 1. The van der Waals surface area contributed by atoms with Crippen LogP contribution in [0.2, 0.25) is 0 Å². The highest BCUT2D eigenvalue weighted by Crippen LogP contribution is 2.22. The second kappa shape index (κ2) is 3.64. The fourth-order valence-electron chi connectivity index (χ4n) is 1.61. The third kappa shape index (κ3) is 1.91. The molecule has 0 saturated carbocycles. The zero-order chi connectivity index (χ0) is 10.0. The Bertz CT molecular complexity index is 229. The van der Waals surface area contributed by atoms with Gasteiger partial charge in [0.2, 0.25) is 0 Å². The van der Waals surface area contributed by atoms with Gasteiger partial charge in [-0.15, -0.1) is 0 Å². The number of nitrogens with zero attached hydrogens (tertiary/aromatic N) is 1. The number of hydrogen-bond donors (Lipinski definition) is 2. The average Bonchev–Trinajstić information content (AvgIpc) is 2.46. The number of carboxylic acids is 1. The molecule has 0 aliphatic carbocycles. The average molecular weight is 186 g/mol. The van der Waals surface area contributed by atoms with Crippen molar-refractivity contribution in [2.75, 3.05) is 20.1 Å². The van der Waals surface area contributed by atoms with Gasteiger partial charge in [-0.1, -0.05) is 6.92 Å². The second-order valence-electron chi connectivity index (χ2n) is 3.38. The Morgan fingerprint density at radius 3 is 2.46 bits per heavy atom. The number of rotatable bonds is 1. The molecule has 0 aromatic carbocycles. The van der Waals surface area contributed by atoms with Crippen molar-refractivity contribution in [2.45, 2.75) is 6.92 Å². The molecule has 0 aromatic rings. The number of amides is 2. The molecule has 5 nitrogen and oxygen atoms in total. The van der Waals surface area contributed by atoms with Crippen molar-refractivity contribution in [2.24, 2.45) is 11.8 Å². The summed E-state index contributed by atoms with van der Waals surface area (Å²) < 4.78 is 0. The number of carboxylic acid groups (broad SMARTS) is 1. The lowest BCUT2D eigenvalue weighted by molar-refractivity contribution is -0.142. The zero-order valence-electron chi connectivity index (χ0n) is 7.78. The summed E-state index contributed by atoms with van der Waals surface area (Å²) in [5.74, 6) is -1.20. The Morgan fingerprint density at radius 1 is 1.46 bits per heavy atom. The van der Waals surface area contributed by atoms with Gasteiger partial charge in [-0.2, -0.15) is 0 Å². The highest BCUT2D eigenvalue weighted by atomic mass is 16.4. The van der Waals surface area contributed by atoms with Gasteiger partial charge >= 0.3 is 12.0 Å². The first kappa shape index (κ1) is 9.83. The predicted molar refractivity (Wildman–Crippen MR) is 46.3 cm³/mol. The molecule has 13 heavy (non-hydrogen) atoms. The van der Waals surface area contributed by atoms with E-state index >= 15 is 0 Å². The first-order chi connectivity index (χ1) is 6.06. The third-order valence-corrected chi connectivity index (χ3v) is 2.43. The maximum Gasteiger partial charge on any atom is 0.317 e. The highest BCUT2D eigenvalue weighted by Gasteiger charge is 2.36. The first-order valence-electron chi connectivity index (χ1n) is 4.25. The van der Waals surface area contributed by atoms with Crippen LogP contribution in [-0.4, -0.2) is 42.1 Å². The van der Waals surface area contributed by atoms with E-state index in [-0.39, 0.29) is 11.9 Å². The van der Waals surface area contributed by atoms with E-state index in [0.29, 0.717) is 13.1 Å². The van der Waals surface area contributed by atoms with Gasteiger partial charge in [0.15, 0.2) is 0 Å². The normalized spacial score (nSPS) is 27.4. The minimum atomic E-state index is -0.820. The molecule has 0 radical (unpaired) electrons. The van der Waals surface area contributed by atoms with Gasteiger partial charge in [-0.25, -0.2) is 4.79 Å². The van der Waals surface area contributed by atoms with Crippen LogP contribution in [0, 0.1) is 11.8 Å². The molecule has 1 rings (SSSR count). The van der Waals surface area contributed by atoms with Crippen molar-refractivity contribution >= 4 is 12.0 Å². The largest absolute Gasteiger partial charge is 0.481 e. The summed E-state index contributed by atoms with van der Waals surface area (Å²) in [6, 6.07) is -0.199. The molecule has 0 bridgehead atoms. The minimum Gasteiger partial charge on any atom is -0.481 e. The number of carbonyl (C=O) groups is 2. The Balaban J connectivity index is 2.59. The topological polar surface area (TPSA) is 69.6 Å². The number of carbonyl (C=O) groups excluding carboxylic acids is 1. The smallest absolute Gasteiger partial charge is 0.317 e. The van der Waals surface area contributed by atoms with E-state index in [2.05, 4.69) is 5.32 Å². The fraction of sp³-hybridized carbons (Fsp3) is 0.750. The van der Waals surface area contributed by atoms with E-state index in [0.717, 1.165) is 0 Å². The van der Waals surface area contributed by atoms with Gasteiger partial charge in [-0.05, 0) is 5.92 Å². The molecule has 2 amide bonds. The number of likely N-dealkylation sites (tertiary alicyclic amines) is 1. The van der Waals surface area contributed by atoms with Crippen LogP contribution in [0.3, 0.4) is 0 Å².